The number of aromatic nitrogens is 2. The van der Waals surface area contributed by atoms with Gasteiger partial charge in [-0.3, -0.25) is 0 Å². The van der Waals surface area contributed by atoms with Crippen LogP contribution in [0, 0.1) is 0 Å². The van der Waals surface area contributed by atoms with Crippen LogP contribution in [0.1, 0.15) is 0 Å². The molecule has 4 heteroatoms. The minimum atomic E-state index is 0.882. The van der Waals surface area contributed by atoms with Crippen LogP contribution in [-0.4, -0.2) is 9.97 Å². The Hall–Kier alpha value is -0.480. The molecule has 0 radical (unpaired) electrons. The Balaban J connectivity index is 2.95. The molecule has 2 heterocycles. The van der Waals surface area contributed by atoms with E-state index in [4.69, 9.17) is 0 Å². The normalized spacial score (nSPS) is 10.5. The molecule has 50 valence electrons. The molecule has 0 aromatic carbocycles. The van der Waals surface area contributed by atoms with Crippen LogP contribution in [0.4, 0.5) is 0 Å². The molecule has 0 aliphatic carbocycles. The van der Waals surface area contributed by atoms with Gasteiger partial charge in [0, 0.05) is 0 Å². The molecule has 2 nitrogen and oxygen atoms in total. The van der Waals surface area contributed by atoms with E-state index in [-0.39, 0.29) is 0 Å². The van der Waals surface area contributed by atoms with Crippen molar-refractivity contribution in [1.82, 2.24) is 9.97 Å². The molecule has 10 heavy (non-hydrogen) atoms. The summed E-state index contributed by atoms with van der Waals surface area (Å²) in [6.45, 7) is 0. The molecule has 0 bridgehead atoms. The lowest BCUT2D eigenvalue weighted by atomic mass is 10.5. The number of rotatable bonds is 0. The van der Waals surface area contributed by atoms with Crippen LogP contribution >= 0.6 is 27.3 Å². The highest BCUT2D eigenvalue weighted by Crippen LogP contribution is 2.24. The molecule has 0 spiro atoms. The van der Waals surface area contributed by atoms with Gasteiger partial charge < -0.3 is 0 Å². The Labute approximate surface area is 70.1 Å². The number of hydrogen-bond acceptors (Lipinski definition) is 3. The quantitative estimate of drug-likeness (QED) is 0.631. The lowest BCUT2D eigenvalue weighted by molar-refractivity contribution is 1.20. The first-order valence-electron chi connectivity index (χ1n) is 2.71. The molecule has 2 aromatic heterocycles. The molecule has 0 fully saturated rings. The van der Waals surface area contributed by atoms with E-state index in [1.165, 1.54) is 0 Å². The maximum Gasteiger partial charge on any atom is 0.127 e. The van der Waals surface area contributed by atoms with Crippen molar-refractivity contribution in [2.45, 2.75) is 0 Å². The van der Waals surface area contributed by atoms with Gasteiger partial charge in [0.15, 0.2) is 0 Å². The first-order valence-corrected chi connectivity index (χ1v) is 4.39. The van der Waals surface area contributed by atoms with Gasteiger partial charge in [-0.2, -0.15) is 0 Å². The highest BCUT2D eigenvalue weighted by atomic mass is 79.9. The molecule has 0 amide bonds. The predicted octanol–water partition coefficient (Wildman–Crippen LogP) is 2.45. The monoisotopic (exact) mass is 214 g/mol. The van der Waals surface area contributed by atoms with Gasteiger partial charge in [0.2, 0.25) is 0 Å². The van der Waals surface area contributed by atoms with Crippen molar-refractivity contribution in [3.05, 3.63) is 22.4 Å². The predicted molar refractivity (Wildman–Crippen MR) is 45.1 cm³/mol. The first kappa shape index (κ1) is 6.24. The summed E-state index contributed by atoms with van der Waals surface area (Å²) in [5.74, 6) is 0. The van der Waals surface area contributed by atoms with Gasteiger partial charge in [-0.05, 0) is 27.4 Å². The van der Waals surface area contributed by atoms with Crippen LogP contribution in [-0.2, 0) is 0 Å². The molecule has 0 unspecified atom stereocenters. The van der Waals surface area contributed by atoms with Crippen molar-refractivity contribution in [2.24, 2.45) is 0 Å². The molecule has 0 atom stereocenters. The Morgan fingerprint density at radius 3 is 3.10 bits per heavy atom. The van der Waals surface area contributed by atoms with Gasteiger partial charge in [0.25, 0.3) is 0 Å². The van der Waals surface area contributed by atoms with E-state index in [1.54, 1.807) is 17.7 Å². The van der Waals surface area contributed by atoms with Crippen molar-refractivity contribution >= 4 is 37.5 Å². The summed E-state index contributed by atoms with van der Waals surface area (Å²) in [7, 11) is 0. The fourth-order valence-electron chi connectivity index (χ4n) is 0.759. The van der Waals surface area contributed by atoms with Gasteiger partial charge >= 0.3 is 0 Å². The Kier molecular flexibility index (Phi) is 1.43. The highest BCUT2D eigenvalue weighted by molar-refractivity contribution is 9.10. The van der Waals surface area contributed by atoms with Crippen molar-refractivity contribution in [1.29, 1.82) is 0 Å². The lowest BCUT2D eigenvalue weighted by Crippen LogP contribution is -1.76. The van der Waals surface area contributed by atoms with Crippen LogP contribution in [0.3, 0.4) is 0 Å². The van der Waals surface area contributed by atoms with Crippen LogP contribution in [0.15, 0.2) is 22.4 Å². The third kappa shape index (κ3) is 0.839. The Morgan fingerprint density at radius 1 is 1.40 bits per heavy atom. The molecule has 2 rings (SSSR count). The number of nitrogens with zero attached hydrogens (tertiary/aromatic N) is 2. The minimum absolute atomic E-state index is 0.882. The van der Waals surface area contributed by atoms with E-state index >= 15 is 0 Å². The Bertz CT molecular complexity index is 357. The maximum atomic E-state index is 4.07. The summed E-state index contributed by atoms with van der Waals surface area (Å²) in [6, 6.07) is 1.98. The summed E-state index contributed by atoms with van der Waals surface area (Å²) in [6.07, 6.45) is 1.55. The van der Waals surface area contributed by atoms with E-state index in [9.17, 15) is 0 Å². The summed E-state index contributed by atoms with van der Waals surface area (Å²) in [5, 5.41) is 2.00. The standard InChI is InChI=1S/C6H3BrN2S/c7-6-5-4(1-2-10-5)8-3-9-6/h1-3H. The SMILES string of the molecule is Brc1ncnc2ccsc12. The van der Waals surface area contributed by atoms with Gasteiger partial charge in [-0.1, -0.05) is 0 Å². The highest BCUT2D eigenvalue weighted by Gasteiger charge is 1.99. The zero-order chi connectivity index (χ0) is 6.97. The molecular formula is C6H3BrN2S. The van der Waals surface area contributed by atoms with Gasteiger partial charge in [0.1, 0.15) is 10.9 Å². The molecule has 0 aliphatic heterocycles. The number of halogens is 1. The van der Waals surface area contributed by atoms with Crippen LogP contribution < -0.4 is 0 Å². The largest absolute Gasteiger partial charge is 0.235 e. The smallest absolute Gasteiger partial charge is 0.127 e. The molecule has 0 saturated carbocycles. The topological polar surface area (TPSA) is 25.8 Å². The Morgan fingerprint density at radius 2 is 2.30 bits per heavy atom. The molecule has 0 N–H and O–H groups in total. The maximum absolute atomic E-state index is 4.07. The number of hydrogen-bond donors (Lipinski definition) is 0. The fourth-order valence-corrected chi connectivity index (χ4v) is 2.06. The molecule has 0 saturated heterocycles. The van der Waals surface area contributed by atoms with Gasteiger partial charge in [0.05, 0.1) is 10.2 Å². The third-order valence-electron chi connectivity index (χ3n) is 1.20. The lowest BCUT2D eigenvalue weighted by Gasteiger charge is -1.88. The number of fused-ring (bicyclic) bond motifs is 1. The fraction of sp³-hybridized carbons (Fsp3) is 0. The van der Waals surface area contributed by atoms with Crippen LogP contribution in [0.5, 0.6) is 0 Å². The zero-order valence-electron chi connectivity index (χ0n) is 4.91. The zero-order valence-corrected chi connectivity index (χ0v) is 7.32. The molecule has 0 aliphatic rings. The number of thiophene rings is 1. The van der Waals surface area contributed by atoms with Gasteiger partial charge in [-0.25, -0.2) is 9.97 Å². The van der Waals surface area contributed by atoms with E-state index in [0.29, 0.717) is 0 Å². The first-order chi connectivity index (χ1) is 4.88. The summed E-state index contributed by atoms with van der Waals surface area (Å²) in [4.78, 5) is 8.07. The summed E-state index contributed by atoms with van der Waals surface area (Å²) in [5.41, 5.74) is 1.01. The molecule has 2 aromatic rings. The average molecular weight is 215 g/mol. The van der Waals surface area contributed by atoms with Gasteiger partial charge in [-0.15, -0.1) is 11.3 Å². The minimum Gasteiger partial charge on any atom is -0.235 e. The second kappa shape index (κ2) is 2.29. The second-order valence-corrected chi connectivity index (χ2v) is 3.47. The van der Waals surface area contributed by atoms with E-state index in [0.717, 1.165) is 14.8 Å². The van der Waals surface area contributed by atoms with Crippen molar-refractivity contribution in [3.8, 4) is 0 Å². The van der Waals surface area contributed by atoms with E-state index < -0.39 is 0 Å². The third-order valence-corrected chi connectivity index (χ3v) is 2.97. The van der Waals surface area contributed by atoms with Crippen molar-refractivity contribution in [3.63, 3.8) is 0 Å². The average Bonchev–Trinajstić information content (AvgIpc) is 2.36. The molecular weight excluding hydrogens is 212 g/mol. The van der Waals surface area contributed by atoms with E-state index in [2.05, 4.69) is 25.9 Å². The van der Waals surface area contributed by atoms with E-state index in [1.807, 2.05) is 11.4 Å². The summed E-state index contributed by atoms with van der Waals surface area (Å²) < 4.78 is 2.00. The van der Waals surface area contributed by atoms with Crippen LogP contribution in [0.25, 0.3) is 10.2 Å². The van der Waals surface area contributed by atoms with Crippen molar-refractivity contribution < 1.29 is 0 Å². The second-order valence-electron chi connectivity index (χ2n) is 1.80. The summed E-state index contributed by atoms with van der Waals surface area (Å²) >= 11 is 4.98. The van der Waals surface area contributed by atoms with Crippen LogP contribution in [0.2, 0.25) is 0 Å². The van der Waals surface area contributed by atoms with Crippen molar-refractivity contribution in [2.75, 3.05) is 0 Å².